The molecule has 0 bridgehead atoms. The van der Waals surface area contributed by atoms with E-state index < -0.39 is 0 Å². The molecule has 0 saturated carbocycles. The number of hydrogen-bond donors (Lipinski definition) is 0. The van der Waals surface area contributed by atoms with Crippen LogP contribution in [-0.2, 0) is 4.74 Å². The van der Waals surface area contributed by atoms with Gasteiger partial charge in [0.1, 0.15) is 0 Å². The van der Waals surface area contributed by atoms with Gasteiger partial charge in [-0.25, -0.2) is 6.08 Å². The predicted octanol–water partition coefficient (Wildman–Crippen LogP) is -1.75. The van der Waals surface area contributed by atoms with Gasteiger partial charge in [0.05, 0.1) is 0 Å². The second kappa shape index (κ2) is 3.92. The quantitative estimate of drug-likeness (QED) is 0.252. The van der Waals surface area contributed by atoms with E-state index >= 15 is 0 Å². The molecule has 0 unspecified atom stereocenters. The first-order valence-corrected chi connectivity index (χ1v) is 1.80. The molecule has 0 radical (unpaired) electrons. The van der Waals surface area contributed by atoms with E-state index in [1.807, 2.05) is 18.2 Å². The van der Waals surface area contributed by atoms with Crippen molar-refractivity contribution in [3.05, 3.63) is 31.1 Å². The second-order valence-corrected chi connectivity index (χ2v) is 0.986. The minimum Gasteiger partial charge on any atom is -0.560 e. The molecule has 0 amide bonds. The fourth-order valence-electron chi connectivity index (χ4n) is 0.291. The van der Waals surface area contributed by atoms with E-state index in [9.17, 15) is 0 Å². The fraction of sp³-hybridized carbons (Fsp3) is 0. The Morgan fingerprint density at radius 1 is 1.29 bits per heavy atom. The molecule has 0 fully saturated rings. The van der Waals surface area contributed by atoms with Gasteiger partial charge in [0, 0.05) is 6.26 Å². The average molecular weight is 88.0 g/mol. The summed E-state index contributed by atoms with van der Waals surface area (Å²) in [6, 6.07) is 0. The fourth-order valence-corrected chi connectivity index (χ4v) is 0.291. The van der Waals surface area contributed by atoms with E-state index in [-0.39, 0.29) is 18.9 Å². The normalized spacial score (nSPS) is 13.7. The minimum atomic E-state index is 0. The first-order chi connectivity index (χ1) is 3.00. The monoisotopic (exact) mass is 88.1 g/mol. The van der Waals surface area contributed by atoms with Crippen LogP contribution >= 0.6 is 0 Å². The predicted molar refractivity (Wildman–Crippen MR) is 23.7 cm³/mol. The van der Waals surface area contributed by atoms with E-state index in [4.69, 9.17) is 0 Å². The van der Waals surface area contributed by atoms with E-state index in [0.29, 0.717) is 0 Å². The van der Waals surface area contributed by atoms with Crippen LogP contribution in [0.5, 0.6) is 0 Å². The Bertz CT molecular complexity index is 74.1. The first-order valence-electron chi connectivity index (χ1n) is 1.80. The van der Waals surface area contributed by atoms with Crippen LogP contribution in [0, 0.1) is 6.61 Å². The summed E-state index contributed by atoms with van der Waals surface area (Å²) in [6.45, 7) is 1.62. The van der Waals surface area contributed by atoms with Gasteiger partial charge in [-0.3, -0.25) is 0 Å². The zero-order valence-electron chi connectivity index (χ0n) is 4.29. The zero-order chi connectivity index (χ0) is 4.24. The molecule has 0 aromatic heterocycles. The van der Waals surface area contributed by atoms with E-state index in [1.54, 1.807) is 12.9 Å². The number of hydrogen-bond acceptors (Lipinski definition) is 1. The van der Waals surface area contributed by atoms with Crippen molar-refractivity contribution in [2.24, 2.45) is 0 Å². The molecule has 0 saturated heterocycles. The molecule has 0 atom stereocenters. The third-order valence-corrected chi connectivity index (χ3v) is 0.536. The van der Waals surface area contributed by atoms with Crippen molar-refractivity contribution >= 4 is 0 Å². The van der Waals surface area contributed by atoms with Crippen LogP contribution in [0.15, 0.2) is 24.5 Å². The van der Waals surface area contributed by atoms with Crippen molar-refractivity contribution in [1.82, 2.24) is 0 Å². The molecule has 32 valence electrons. The topological polar surface area (TPSA) is 9.23 Å². The molecule has 1 heterocycles. The van der Waals surface area contributed by atoms with Crippen molar-refractivity contribution in [2.45, 2.75) is 0 Å². The van der Waals surface area contributed by atoms with Crippen LogP contribution in [-0.4, -0.2) is 0 Å². The molecule has 1 rings (SSSR count). The molecule has 1 nitrogen and oxygen atoms in total. The number of allylic oxidation sites excluding steroid dienone is 2. The van der Waals surface area contributed by atoms with Gasteiger partial charge in [-0.2, -0.15) is 6.08 Å². The van der Waals surface area contributed by atoms with E-state index in [0.717, 1.165) is 0 Å². The van der Waals surface area contributed by atoms with Gasteiger partial charge in [-0.1, -0.05) is 6.61 Å². The Morgan fingerprint density at radius 2 is 2.14 bits per heavy atom. The molecule has 7 heavy (non-hydrogen) atoms. The maximum absolute atomic E-state index is 4.68. The number of ether oxygens (including phenoxy) is 1. The molecule has 0 N–H and O–H groups in total. The molecule has 0 aromatic rings. The zero-order valence-corrected chi connectivity index (χ0v) is 4.29. The van der Waals surface area contributed by atoms with Gasteiger partial charge < -0.3 is 4.74 Å². The van der Waals surface area contributed by atoms with Crippen molar-refractivity contribution in [2.75, 3.05) is 0 Å². The molecule has 1 aliphatic rings. The van der Waals surface area contributed by atoms with Crippen LogP contribution in [0.25, 0.3) is 0 Å². The van der Waals surface area contributed by atoms with Gasteiger partial charge in [-0.05, 0) is 0 Å². The Labute approximate surface area is 55.2 Å². The molecule has 0 spiro atoms. The van der Waals surface area contributed by atoms with E-state index in [1.165, 1.54) is 0 Å². The van der Waals surface area contributed by atoms with Gasteiger partial charge in [-0.15, -0.1) is 6.08 Å². The molecular formula is C5H5LiO. The van der Waals surface area contributed by atoms with Gasteiger partial charge >= 0.3 is 18.9 Å². The van der Waals surface area contributed by atoms with Crippen molar-refractivity contribution in [1.29, 1.82) is 0 Å². The maximum Gasteiger partial charge on any atom is 1.00 e. The Balaban J connectivity index is 0.000000360. The standard InChI is InChI=1S/C5H5O.Li/c1-2-4-6-5-3-1;/h1-5H;/q-1;+1. The van der Waals surface area contributed by atoms with Crippen LogP contribution in [0.3, 0.4) is 0 Å². The summed E-state index contributed by atoms with van der Waals surface area (Å²) in [5.74, 6) is 0. The third-order valence-electron chi connectivity index (χ3n) is 0.536. The Kier molecular flexibility index (Phi) is 3.78. The van der Waals surface area contributed by atoms with Crippen molar-refractivity contribution in [3.8, 4) is 0 Å². The van der Waals surface area contributed by atoms with Gasteiger partial charge in [0.25, 0.3) is 0 Å². The van der Waals surface area contributed by atoms with Crippen LogP contribution < -0.4 is 18.9 Å². The summed E-state index contributed by atoms with van der Waals surface area (Å²) >= 11 is 0. The Morgan fingerprint density at radius 3 is 2.29 bits per heavy atom. The minimum absolute atomic E-state index is 0. The van der Waals surface area contributed by atoms with Gasteiger partial charge in [0.2, 0.25) is 0 Å². The Hall–Kier alpha value is -0.253. The first kappa shape index (κ1) is 6.75. The number of rotatable bonds is 0. The summed E-state index contributed by atoms with van der Waals surface area (Å²) in [7, 11) is 0. The average Bonchev–Trinajstić information content (AvgIpc) is 1.72. The maximum atomic E-state index is 4.68. The molecule has 2 heteroatoms. The van der Waals surface area contributed by atoms with Crippen LogP contribution in [0.1, 0.15) is 0 Å². The summed E-state index contributed by atoms with van der Waals surface area (Å²) in [4.78, 5) is 0. The van der Waals surface area contributed by atoms with Gasteiger partial charge in [0.15, 0.2) is 0 Å². The largest absolute Gasteiger partial charge is 1.00 e. The summed E-state index contributed by atoms with van der Waals surface area (Å²) in [6.07, 6.45) is 7.20. The van der Waals surface area contributed by atoms with Crippen molar-refractivity contribution in [3.63, 3.8) is 0 Å². The summed E-state index contributed by atoms with van der Waals surface area (Å²) < 4.78 is 4.68. The molecule has 1 aliphatic heterocycles. The second-order valence-electron chi connectivity index (χ2n) is 0.986. The SMILES string of the molecule is C1=C[CH-]OC=C1.[Li+]. The van der Waals surface area contributed by atoms with Crippen LogP contribution in [0.2, 0.25) is 0 Å². The summed E-state index contributed by atoms with van der Waals surface area (Å²) in [5, 5.41) is 0. The molecule has 0 aliphatic carbocycles. The van der Waals surface area contributed by atoms with E-state index in [2.05, 4.69) is 4.74 Å². The van der Waals surface area contributed by atoms with Crippen molar-refractivity contribution < 1.29 is 23.6 Å². The summed E-state index contributed by atoms with van der Waals surface area (Å²) in [5.41, 5.74) is 0. The third kappa shape index (κ3) is 2.44. The molecule has 0 aromatic carbocycles. The van der Waals surface area contributed by atoms with Crippen LogP contribution in [0.4, 0.5) is 0 Å². The smallest absolute Gasteiger partial charge is 0.560 e. The molecular weight excluding hydrogens is 83.0 g/mol.